The summed E-state index contributed by atoms with van der Waals surface area (Å²) in [5.41, 5.74) is 2.81. The van der Waals surface area contributed by atoms with Gasteiger partial charge in [0.25, 0.3) is 0 Å². The minimum Gasteiger partial charge on any atom is -0.464 e. The highest BCUT2D eigenvalue weighted by Crippen LogP contribution is 2.35. The highest BCUT2D eigenvalue weighted by atomic mass is 16.5. The molecule has 0 bridgehead atoms. The van der Waals surface area contributed by atoms with Crippen molar-refractivity contribution >= 4 is 22.8 Å². The number of aromatic nitrogens is 1. The van der Waals surface area contributed by atoms with Gasteiger partial charge >= 0.3 is 11.9 Å². The maximum absolute atomic E-state index is 11.8. The first-order valence-corrected chi connectivity index (χ1v) is 5.84. The van der Waals surface area contributed by atoms with E-state index in [0.717, 1.165) is 22.0 Å². The molecule has 1 aromatic heterocycles. The number of ether oxygens (including phenoxy) is 2. The molecule has 0 radical (unpaired) electrons. The Balaban J connectivity index is 2.81. The first kappa shape index (κ1) is 13.1. The summed E-state index contributed by atoms with van der Waals surface area (Å²) in [5.74, 6) is -0.811. The predicted molar refractivity (Wildman–Crippen MR) is 70.4 cm³/mol. The summed E-state index contributed by atoms with van der Waals surface area (Å²) in [7, 11) is 1.28. The Morgan fingerprint density at radius 1 is 1.16 bits per heavy atom. The van der Waals surface area contributed by atoms with E-state index in [1.807, 2.05) is 26.0 Å². The van der Waals surface area contributed by atoms with Crippen molar-refractivity contribution in [3.05, 3.63) is 29.0 Å². The summed E-state index contributed by atoms with van der Waals surface area (Å²) in [6, 6.07) is 3.85. The van der Waals surface area contributed by atoms with Crippen molar-refractivity contribution in [3.8, 4) is 5.75 Å². The maximum Gasteiger partial charge on any atom is 0.358 e. The fourth-order valence-electron chi connectivity index (χ4n) is 2.06. The minimum atomic E-state index is -0.564. The van der Waals surface area contributed by atoms with Gasteiger partial charge in [-0.1, -0.05) is 12.1 Å². The van der Waals surface area contributed by atoms with E-state index in [1.165, 1.54) is 14.0 Å². The Bertz CT molecular complexity index is 670. The molecule has 1 heterocycles. The van der Waals surface area contributed by atoms with E-state index in [9.17, 15) is 9.59 Å². The fourth-order valence-corrected chi connectivity index (χ4v) is 2.06. The van der Waals surface area contributed by atoms with Crippen LogP contribution in [0, 0.1) is 13.8 Å². The van der Waals surface area contributed by atoms with Crippen LogP contribution in [0.1, 0.15) is 28.5 Å². The van der Waals surface area contributed by atoms with Crippen molar-refractivity contribution in [2.45, 2.75) is 20.8 Å². The first-order chi connectivity index (χ1) is 8.95. The molecule has 2 rings (SSSR count). The SMILES string of the molecule is COC(=O)c1[nH]c2c(C)ccc(C)c2c1OC(C)=O. The lowest BCUT2D eigenvalue weighted by Crippen LogP contribution is -2.08. The molecule has 0 unspecified atom stereocenters. The lowest BCUT2D eigenvalue weighted by molar-refractivity contribution is -0.131. The molecule has 2 aromatic rings. The molecule has 5 heteroatoms. The Kier molecular flexibility index (Phi) is 3.29. The molecule has 100 valence electrons. The smallest absolute Gasteiger partial charge is 0.358 e. The van der Waals surface area contributed by atoms with E-state index >= 15 is 0 Å². The summed E-state index contributed by atoms with van der Waals surface area (Å²) >= 11 is 0. The number of benzene rings is 1. The van der Waals surface area contributed by atoms with Gasteiger partial charge in [-0.2, -0.15) is 0 Å². The van der Waals surface area contributed by atoms with Crippen LogP contribution in [-0.4, -0.2) is 24.0 Å². The van der Waals surface area contributed by atoms with Crippen LogP contribution in [0.25, 0.3) is 10.9 Å². The number of H-pyrrole nitrogens is 1. The van der Waals surface area contributed by atoms with E-state index < -0.39 is 11.9 Å². The molecule has 0 saturated heterocycles. The van der Waals surface area contributed by atoms with Gasteiger partial charge in [-0.05, 0) is 25.0 Å². The van der Waals surface area contributed by atoms with E-state index in [4.69, 9.17) is 9.47 Å². The third kappa shape index (κ3) is 2.19. The Labute approximate surface area is 110 Å². The second-order valence-corrected chi connectivity index (χ2v) is 4.36. The Morgan fingerprint density at radius 2 is 1.79 bits per heavy atom. The zero-order chi connectivity index (χ0) is 14.2. The summed E-state index contributed by atoms with van der Waals surface area (Å²) in [6.45, 7) is 5.10. The van der Waals surface area contributed by atoms with Crippen molar-refractivity contribution in [1.29, 1.82) is 0 Å². The number of hydrogen-bond acceptors (Lipinski definition) is 4. The number of carbonyl (C=O) groups is 2. The van der Waals surface area contributed by atoms with Crippen LogP contribution in [0.15, 0.2) is 12.1 Å². The first-order valence-electron chi connectivity index (χ1n) is 5.84. The minimum absolute atomic E-state index is 0.157. The largest absolute Gasteiger partial charge is 0.464 e. The van der Waals surface area contributed by atoms with Crippen LogP contribution in [0.3, 0.4) is 0 Å². The van der Waals surface area contributed by atoms with Crippen LogP contribution in [-0.2, 0) is 9.53 Å². The topological polar surface area (TPSA) is 68.4 Å². The van der Waals surface area contributed by atoms with Crippen molar-refractivity contribution in [3.63, 3.8) is 0 Å². The van der Waals surface area contributed by atoms with Crippen molar-refractivity contribution in [1.82, 2.24) is 4.98 Å². The quantitative estimate of drug-likeness (QED) is 0.843. The van der Waals surface area contributed by atoms with Gasteiger partial charge in [0.2, 0.25) is 0 Å². The molecule has 0 aliphatic heterocycles. The van der Waals surface area contributed by atoms with Crippen molar-refractivity contribution in [2.24, 2.45) is 0 Å². The summed E-state index contributed by atoms with van der Waals surface area (Å²) in [4.78, 5) is 26.0. The molecule has 0 aliphatic rings. The number of fused-ring (bicyclic) bond motifs is 1. The number of esters is 2. The van der Waals surface area contributed by atoms with Gasteiger partial charge in [0.1, 0.15) is 0 Å². The normalized spacial score (nSPS) is 10.5. The molecule has 1 aromatic carbocycles. The van der Waals surface area contributed by atoms with Gasteiger partial charge < -0.3 is 14.5 Å². The zero-order valence-corrected chi connectivity index (χ0v) is 11.3. The van der Waals surface area contributed by atoms with Gasteiger partial charge in [0, 0.05) is 12.3 Å². The highest BCUT2D eigenvalue weighted by Gasteiger charge is 2.23. The molecule has 0 aliphatic carbocycles. The average Bonchev–Trinajstić information content (AvgIpc) is 2.73. The van der Waals surface area contributed by atoms with Crippen molar-refractivity contribution < 1.29 is 19.1 Å². The van der Waals surface area contributed by atoms with Crippen LogP contribution in [0.2, 0.25) is 0 Å². The second-order valence-electron chi connectivity index (χ2n) is 4.36. The molecular weight excluding hydrogens is 246 g/mol. The molecule has 0 amide bonds. The number of methoxy groups -OCH3 is 1. The van der Waals surface area contributed by atoms with Crippen molar-refractivity contribution in [2.75, 3.05) is 7.11 Å². The summed E-state index contributed by atoms with van der Waals surface area (Å²) in [5, 5.41) is 0.732. The predicted octanol–water partition coefficient (Wildman–Crippen LogP) is 2.50. The Morgan fingerprint density at radius 3 is 2.37 bits per heavy atom. The number of aryl methyl sites for hydroxylation is 2. The van der Waals surface area contributed by atoms with Gasteiger partial charge in [-0.3, -0.25) is 4.79 Å². The molecular formula is C14H15NO4. The number of nitrogens with one attached hydrogen (secondary N) is 1. The number of carbonyl (C=O) groups excluding carboxylic acids is 2. The maximum atomic E-state index is 11.8. The number of hydrogen-bond donors (Lipinski definition) is 1. The van der Waals surface area contributed by atoms with E-state index in [-0.39, 0.29) is 11.4 Å². The third-order valence-electron chi connectivity index (χ3n) is 2.96. The summed E-state index contributed by atoms with van der Waals surface area (Å²) < 4.78 is 9.89. The van der Waals surface area contributed by atoms with E-state index in [0.29, 0.717) is 0 Å². The average molecular weight is 261 g/mol. The molecule has 0 spiro atoms. The number of aromatic amines is 1. The molecule has 19 heavy (non-hydrogen) atoms. The van der Waals surface area contributed by atoms with Gasteiger partial charge in [-0.25, -0.2) is 4.79 Å². The molecule has 0 atom stereocenters. The summed E-state index contributed by atoms with van der Waals surface area (Å²) in [6.07, 6.45) is 0. The third-order valence-corrected chi connectivity index (χ3v) is 2.96. The molecule has 1 N–H and O–H groups in total. The molecule has 0 fully saturated rings. The second kappa shape index (κ2) is 4.76. The van der Waals surface area contributed by atoms with Gasteiger partial charge in [-0.15, -0.1) is 0 Å². The standard InChI is InChI=1S/C14H15NO4/c1-7-5-6-8(2)11-10(7)13(19-9(3)16)12(15-11)14(17)18-4/h5-6,15H,1-4H3. The van der Waals surface area contributed by atoms with Gasteiger partial charge in [0.05, 0.1) is 12.6 Å². The van der Waals surface area contributed by atoms with Gasteiger partial charge in [0.15, 0.2) is 11.4 Å². The van der Waals surface area contributed by atoms with Crippen LogP contribution >= 0.6 is 0 Å². The molecule has 0 saturated carbocycles. The fraction of sp³-hybridized carbons (Fsp3) is 0.286. The highest BCUT2D eigenvalue weighted by molar-refractivity contribution is 6.04. The number of rotatable bonds is 2. The van der Waals surface area contributed by atoms with E-state index in [2.05, 4.69) is 4.98 Å². The van der Waals surface area contributed by atoms with E-state index in [1.54, 1.807) is 0 Å². The van der Waals surface area contributed by atoms with Crippen LogP contribution < -0.4 is 4.74 Å². The molecule has 5 nitrogen and oxygen atoms in total. The van der Waals surface area contributed by atoms with Crippen LogP contribution in [0.4, 0.5) is 0 Å². The zero-order valence-electron chi connectivity index (χ0n) is 11.3. The monoisotopic (exact) mass is 261 g/mol. The van der Waals surface area contributed by atoms with Crippen LogP contribution in [0.5, 0.6) is 5.75 Å². The Hall–Kier alpha value is -2.30. The lowest BCUT2D eigenvalue weighted by atomic mass is 10.1. The lowest BCUT2D eigenvalue weighted by Gasteiger charge is -2.04.